The molecule has 0 fully saturated rings. The normalized spacial score (nSPS) is 10.4. The van der Waals surface area contributed by atoms with E-state index >= 15 is 0 Å². The van der Waals surface area contributed by atoms with Gasteiger partial charge in [0.05, 0.1) is 0 Å². The number of aromatic nitrogens is 2. The second kappa shape index (κ2) is 7.51. The molecule has 0 radical (unpaired) electrons. The van der Waals surface area contributed by atoms with Gasteiger partial charge in [0.15, 0.2) is 6.61 Å². The number of nitrogens with zero attached hydrogens (tertiary/aromatic N) is 2. The molecule has 0 aliphatic rings. The monoisotopic (exact) mass is 459 g/mol. The quantitative estimate of drug-likeness (QED) is 0.498. The number of anilines is 1. The van der Waals surface area contributed by atoms with E-state index in [-0.39, 0.29) is 17.1 Å². The van der Waals surface area contributed by atoms with E-state index in [1.165, 1.54) is 26.2 Å². The molecule has 2 aromatic rings. The third kappa shape index (κ3) is 4.26. The van der Waals surface area contributed by atoms with Gasteiger partial charge in [-0.1, -0.05) is 0 Å². The Balaban J connectivity index is 2.07. The number of carbonyl (C=O) groups is 2. The van der Waals surface area contributed by atoms with Gasteiger partial charge in [0.2, 0.25) is 0 Å². The highest BCUT2D eigenvalue weighted by molar-refractivity contribution is 14.1. The number of phenolic OH excluding ortho intramolecular Hbond substituents is 1. The Morgan fingerprint density at radius 3 is 2.56 bits per heavy atom. The lowest BCUT2D eigenvalue weighted by molar-refractivity contribution is -0.119. The summed E-state index contributed by atoms with van der Waals surface area (Å²) in [6.07, 6.45) is 0. The lowest BCUT2D eigenvalue weighted by atomic mass is 10.2. The molecule has 0 bridgehead atoms. The second-order valence-corrected chi connectivity index (χ2v) is 6.30. The van der Waals surface area contributed by atoms with E-state index in [1.54, 1.807) is 6.07 Å². The second-order valence-electron chi connectivity index (χ2n) is 5.05. The van der Waals surface area contributed by atoms with Crippen LogP contribution in [-0.2, 0) is 23.6 Å². The maximum atomic E-state index is 11.9. The Hall–Kier alpha value is -2.63. The summed E-state index contributed by atoms with van der Waals surface area (Å²) in [5.41, 5.74) is -1.26. The minimum atomic E-state index is -0.871. The Kier molecular flexibility index (Phi) is 5.62. The van der Waals surface area contributed by atoms with Crippen LogP contribution in [0.5, 0.6) is 5.75 Å². The van der Waals surface area contributed by atoms with Gasteiger partial charge in [0.25, 0.3) is 11.5 Å². The zero-order valence-corrected chi connectivity index (χ0v) is 15.4. The van der Waals surface area contributed by atoms with E-state index in [0.29, 0.717) is 3.57 Å². The Morgan fingerprint density at radius 1 is 1.20 bits per heavy atom. The molecule has 1 aromatic heterocycles. The molecule has 1 amide bonds. The van der Waals surface area contributed by atoms with Crippen LogP contribution in [0.25, 0.3) is 0 Å². The zero-order chi connectivity index (χ0) is 18.7. The van der Waals surface area contributed by atoms with Crippen LogP contribution in [0.1, 0.15) is 10.4 Å². The van der Waals surface area contributed by atoms with Gasteiger partial charge < -0.3 is 15.2 Å². The fourth-order valence-electron chi connectivity index (χ4n) is 1.91. The minimum Gasteiger partial charge on any atom is -0.507 e. The van der Waals surface area contributed by atoms with Crippen LogP contribution < -0.4 is 16.6 Å². The third-order valence-electron chi connectivity index (χ3n) is 3.31. The predicted molar refractivity (Wildman–Crippen MR) is 96.7 cm³/mol. The molecular formula is C15H14IN3O6. The number of carbonyl (C=O) groups excluding carboxylic acids is 2. The standard InChI is InChI=1S/C15H14IN3O6/c1-18-11(6-13(22)19(2)15(18)24)17-12(21)7-25-14(23)9-5-8(16)3-4-10(9)20/h3-6,20H,7H2,1-2H3,(H,17,21). The Morgan fingerprint density at radius 2 is 1.88 bits per heavy atom. The van der Waals surface area contributed by atoms with E-state index < -0.39 is 29.7 Å². The molecule has 0 saturated heterocycles. The van der Waals surface area contributed by atoms with Crippen molar-refractivity contribution in [1.29, 1.82) is 0 Å². The molecule has 9 nitrogen and oxygen atoms in total. The first kappa shape index (κ1) is 18.7. The number of esters is 1. The van der Waals surface area contributed by atoms with Crippen LogP contribution in [0, 0.1) is 3.57 Å². The van der Waals surface area contributed by atoms with Crippen molar-refractivity contribution in [3.8, 4) is 5.75 Å². The van der Waals surface area contributed by atoms with Crippen LogP contribution in [-0.4, -0.2) is 32.7 Å². The van der Waals surface area contributed by atoms with Crippen molar-refractivity contribution >= 4 is 40.3 Å². The molecule has 0 unspecified atom stereocenters. The summed E-state index contributed by atoms with van der Waals surface area (Å²) in [7, 11) is 2.69. The van der Waals surface area contributed by atoms with Crippen molar-refractivity contribution in [2.75, 3.05) is 11.9 Å². The Bertz CT molecular complexity index is 963. The van der Waals surface area contributed by atoms with E-state index in [9.17, 15) is 24.3 Å². The maximum Gasteiger partial charge on any atom is 0.342 e. The fourth-order valence-corrected chi connectivity index (χ4v) is 2.40. The number of hydrogen-bond acceptors (Lipinski definition) is 6. The van der Waals surface area contributed by atoms with Gasteiger partial charge in [-0.3, -0.25) is 18.7 Å². The molecule has 10 heteroatoms. The van der Waals surface area contributed by atoms with Crippen LogP contribution in [0.15, 0.2) is 33.9 Å². The molecule has 0 aliphatic heterocycles. The van der Waals surface area contributed by atoms with E-state index in [0.717, 1.165) is 15.2 Å². The van der Waals surface area contributed by atoms with E-state index in [1.807, 2.05) is 22.6 Å². The van der Waals surface area contributed by atoms with E-state index in [2.05, 4.69) is 5.32 Å². The fraction of sp³-hybridized carbons (Fsp3) is 0.200. The maximum absolute atomic E-state index is 11.9. The summed E-state index contributed by atoms with van der Waals surface area (Å²) in [5.74, 6) is -1.89. The smallest absolute Gasteiger partial charge is 0.342 e. The van der Waals surface area contributed by atoms with Gasteiger partial charge in [-0.05, 0) is 40.8 Å². The summed E-state index contributed by atoms with van der Waals surface area (Å²) in [5, 5.41) is 12.0. The van der Waals surface area contributed by atoms with Crippen LogP contribution >= 0.6 is 22.6 Å². The first-order chi connectivity index (χ1) is 11.7. The molecule has 0 atom stereocenters. The molecule has 132 valence electrons. The highest BCUT2D eigenvalue weighted by atomic mass is 127. The topological polar surface area (TPSA) is 120 Å². The number of halogens is 1. The number of ether oxygens (including phenoxy) is 1. The van der Waals surface area contributed by atoms with Crippen molar-refractivity contribution in [3.05, 3.63) is 54.2 Å². The SMILES string of the molecule is Cn1c(NC(=O)COC(=O)c2cc(I)ccc2O)cc(=O)n(C)c1=O. The average Bonchev–Trinajstić information content (AvgIpc) is 2.57. The lowest BCUT2D eigenvalue weighted by Crippen LogP contribution is -2.38. The van der Waals surface area contributed by atoms with Crippen LogP contribution in [0.4, 0.5) is 5.82 Å². The zero-order valence-electron chi connectivity index (χ0n) is 13.3. The minimum absolute atomic E-state index is 0.0220. The van der Waals surface area contributed by atoms with Gasteiger partial charge in [-0.15, -0.1) is 0 Å². The molecule has 0 saturated carbocycles. The predicted octanol–water partition coefficient (Wildman–Crippen LogP) is 0.190. The van der Waals surface area contributed by atoms with Crippen molar-refractivity contribution in [1.82, 2.24) is 9.13 Å². The van der Waals surface area contributed by atoms with Crippen molar-refractivity contribution < 1.29 is 19.4 Å². The van der Waals surface area contributed by atoms with Crippen molar-refractivity contribution in [3.63, 3.8) is 0 Å². The van der Waals surface area contributed by atoms with Gasteiger partial charge in [0.1, 0.15) is 17.1 Å². The number of benzene rings is 1. The number of hydrogen-bond donors (Lipinski definition) is 2. The molecular weight excluding hydrogens is 445 g/mol. The number of nitrogens with one attached hydrogen (secondary N) is 1. The lowest BCUT2D eigenvalue weighted by Gasteiger charge is -2.11. The van der Waals surface area contributed by atoms with Gasteiger partial charge in [-0.25, -0.2) is 9.59 Å². The molecule has 1 heterocycles. The highest BCUT2D eigenvalue weighted by Crippen LogP contribution is 2.20. The first-order valence-corrected chi connectivity index (χ1v) is 8.01. The average molecular weight is 459 g/mol. The molecule has 1 aromatic carbocycles. The van der Waals surface area contributed by atoms with Crippen LogP contribution in [0.2, 0.25) is 0 Å². The van der Waals surface area contributed by atoms with Gasteiger partial charge in [-0.2, -0.15) is 0 Å². The number of aromatic hydroxyl groups is 1. The Labute approximate surface area is 155 Å². The van der Waals surface area contributed by atoms with E-state index in [4.69, 9.17) is 4.74 Å². The van der Waals surface area contributed by atoms with Gasteiger partial charge in [0, 0.05) is 23.7 Å². The highest BCUT2D eigenvalue weighted by Gasteiger charge is 2.16. The van der Waals surface area contributed by atoms with Crippen LogP contribution in [0.3, 0.4) is 0 Å². The van der Waals surface area contributed by atoms with Crippen molar-refractivity contribution in [2.24, 2.45) is 14.1 Å². The molecule has 0 spiro atoms. The largest absolute Gasteiger partial charge is 0.507 e. The summed E-state index contributed by atoms with van der Waals surface area (Å²) in [6, 6.07) is 5.44. The molecule has 2 rings (SSSR count). The number of phenols is 1. The molecule has 0 aliphatic carbocycles. The summed E-state index contributed by atoms with van der Waals surface area (Å²) < 4.78 is 7.51. The molecule has 2 N–H and O–H groups in total. The third-order valence-corrected chi connectivity index (χ3v) is 3.98. The molecule has 25 heavy (non-hydrogen) atoms. The number of amides is 1. The number of rotatable bonds is 4. The summed E-state index contributed by atoms with van der Waals surface area (Å²) in [6.45, 7) is -0.646. The first-order valence-electron chi connectivity index (χ1n) is 6.93. The van der Waals surface area contributed by atoms with Gasteiger partial charge >= 0.3 is 11.7 Å². The van der Waals surface area contributed by atoms with Crippen molar-refractivity contribution in [2.45, 2.75) is 0 Å². The summed E-state index contributed by atoms with van der Waals surface area (Å²) in [4.78, 5) is 47.2. The summed E-state index contributed by atoms with van der Waals surface area (Å²) >= 11 is 1.96.